The van der Waals surface area contributed by atoms with Gasteiger partial charge in [-0.2, -0.15) is 0 Å². The average Bonchev–Trinajstić information content (AvgIpc) is 2.92. The fourth-order valence-electron chi connectivity index (χ4n) is 7.37. The van der Waals surface area contributed by atoms with Crippen LogP contribution < -0.4 is 5.19 Å². The van der Waals surface area contributed by atoms with Gasteiger partial charge in [-0.25, -0.2) is 0 Å². The molecule has 0 amide bonds. The molecule has 0 aliphatic rings. The maximum Gasteiger partial charge on any atom is 0.320 e. The highest BCUT2D eigenvalue weighted by atomic mass is 28.5. The highest BCUT2D eigenvalue weighted by Crippen LogP contribution is 2.41. The molecule has 288 valence electrons. The second-order valence-corrected chi connectivity index (χ2v) is 37.5. The highest BCUT2D eigenvalue weighted by Gasteiger charge is 2.55. The summed E-state index contributed by atoms with van der Waals surface area (Å²) in [7, 11) is -12.7. The summed E-state index contributed by atoms with van der Waals surface area (Å²) in [6.45, 7) is 32.9. The normalized spacial score (nSPS) is 15.0. The second kappa shape index (κ2) is 24.2. The van der Waals surface area contributed by atoms with Crippen molar-refractivity contribution in [2.45, 2.75) is 139 Å². The fraction of sp³-hybridized carbons (Fsp3) is 0.824. The highest BCUT2D eigenvalue weighted by molar-refractivity contribution is 6.95. The molecule has 0 N–H and O–H groups in total. The van der Waals surface area contributed by atoms with E-state index in [9.17, 15) is 0 Å². The van der Waals surface area contributed by atoms with Crippen LogP contribution in [-0.2, 0) is 28.8 Å². The van der Waals surface area contributed by atoms with Gasteiger partial charge in [-0.1, -0.05) is 127 Å². The molecule has 1 aromatic rings. The van der Waals surface area contributed by atoms with E-state index in [1.165, 1.54) is 5.19 Å². The molecule has 0 bridgehead atoms. The first-order valence-electron chi connectivity index (χ1n) is 19.3. The van der Waals surface area contributed by atoms with Gasteiger partial charge in [0.25, 0.3) is 30.0 Å². The summed E-state index contributed by atoms with van der Waals surface area (Å²) in [6, 6.07) is 18.4. The molecule has 0 fully saturated rings. The zero-order valence-electron chi connectivity index (χ0n) is 34.4. The van der Waals surface area contributed by atoms with Crippen molar-refractivity contribution < 1.29 is 28.8 Å². The van der Waals surface area contributed by atoms with Crippen LogP contribution in [-0.4, -0.2) is 75.2 Å². The lowest BCUT2D eigenvalue weighted by Gasteiger charge is -2.49. The van der Waals surface area contributed by atoms with Crippen LogP contribution in [0.1, 0.15) is 96.9 Å². The number of benzene rings is 1. The summed E-state index contributed by atoms with van der Waals surface area (Å²) < 4.78 is 47.8. The van der Waals surface area contributed by atoms with Gasteiger partial charge >= 0.3 is 26.4 Å². The van der Waals surface area contributed by atoms with Gasteiger partial charge < -0.3 is 28.8 Å². The molecule has 0 radical (unpaired) electrons. The lowest BCUT2D eigenvalue weighted by atomic mass is 10.3. The van der Waals surface area contributed by atoms with E-state index in [1.807, 2.05) is 0 Å². The van der Waals surface area contributed by atoms with E-state index in [4.69, 9.17) is 28.8 Å². The van der Waals surface area contributed by atoms with E-state index in [-0.39, 0.29) is 0 Å². The topological polar surface area (TPSA) is 64.6 Å². The first-order valence-corrected chi connectivity index (χ1v) is 32.1. The Morgan fingerprint density at radius 2 is 1.00 bits per heavy atom. The average molecular weight is 824 g/mol. The lowest BCUT2D eigenvalue weighted by molar-refractivity contribution is 0.262. The van der Waals surface area contributed by atoms with Crippen molar-refractivity contribution in [3.8, 4) is 0 Å². The van der Waals surface area contributed by atoms with Crippen molar-refractivity contribution in [2.24, 2.45) is 41.4 Å². The molecule has 7 nitrogen and oxygen atoms in total. The molecule has 15 heteroatoms. The lowest BCUT2D eigenvalue weighted by Crippen LogP contribution is -2.66. The monoisotopic (exact) mass is 822 g/mol. The van der Waals surface area contributed by atoms with Crippen LogP contribution in [0.2, 0.25) is 42.3 Å². The Morgan fingerprint density at radius 1 is 0.551 bits per heavy atom. The minimum absolute atomic E-state index is 0.447. The summed E-state index contributed by atoms with van der Waals surface area (Å²) in [6.07, 6.45) is 0. The molecule has 0 saturated carbocycles. The molecule has 1 rings (SSSR count). The fourth-order valence-corrected chi connectivity index (χ4v) is 38.0. The Balaban J connectivity index is 3.94. The summed E-state index contributed by atoms with van der Waals surface area (Å²) in [5.41, 5.74) is 0. The van der Waals surface area contributed by atoms with Crippen molar-refractivity contribution in [1.82, 2.24) is 0 Å². The van der Waals surface area contributed by atoms with Crippen molar-refractivity contribution in [3.63, 3.8) is 0 Å². The van der Waals surface area contributed by atoms with E-state index in [2.05, 4.69) is 127 Å². The molecule has 1 atom stereocenters. The summed E-state index contributed by atoms with van der Waals surface area (Å²) in [5, 5.41) is 1.43. The van der Waals surface area contributed by atoms with Gasteiger partial charge in [0.05, 0.1) is 0 Å². The predicted octanol–water partition coefficient (Wildman–Crippen LogP) is 5.93. The minimum atomic E-state index is -2.88. The summed E-state index contributed by atoms with van der Waals surface area (Å²) >= 11 is 0. The van der Waals surface area contributed by atoms with Crippen molar-refractivity contribution in [1.29, 1.82) is 0 Å². The SMILES string of the molecule is CC(C)C[SiH](O[SiH2]O[SiH2]O[SiH2]O[SiH3])O[Si](CC(C)C)(CC(C)C)O[Si](CC(C)C)(CC(C)C)O[Si](CC(C)C)(CC(C)C)c1ccccc1. The summed E-state index contributed by atoms with van der Waals surface area (Å²) in [5.74, 6) is 3.35. The third kappa shape index (κ3) is 19.5. The third-order valence-electron chi connectivity index (χ3n) is 8.12. The molecule has 0 saturated heterocycles. The predicted molar refractivity (Wildman–Crippen MR) is 231 cm³/mol. The number of rotatable bonds is 28. The Bertz CT molecular complexity index is 957. The summed E-state index contributed by atoms with van der Waals surface area (Å²) in [4.78, 5) is 0. The maximum absolute atomic E-state index is 8.23. The van der Waals surface area contributed by atoms with Crippen LogP contribution >= 0.6 is 0 Å². The zero-order chi connectivity index (χ0) is 37.3. The third-order valence-corrected chi connectivity index (χ3v) is 34.0. The van der Waals surface area contributed by atoms with Gasteiger partial charge in [0, 0.05) is 0 Å². The van der Waals surface area contributed by atoms with E-state index in [0.29, 0.717) is 41.4 Å². The smallest absolute Gasteiger partial charge is 0.320 e. The van der Waals surface area contributed by atoms with E-state index < -0.39 is 64.7 Å². The van der Waals surface area contributed by atoms with Gasteiger partial charge in [0.1, 0.15) is 10.5 Å². The van der Waals surface area contributed by atoms with Crippen LogP contribution in [0.25, 0.3) is 0 Å². The molecule has 0 aliphatic carbocycles. The van der Waals surface area contributed by atoms with Crippen LogP contribution in [0, 0.1) is 41.4 Å². The maximum atomic E-state index is 8.23. The van der Waals surface area contributed by atoms with Gasteiger partial charge in [-0.3, -0.25) is 0 Å². The van der Waals surface area contributed by atoms with Crippen LogP contribution in [0.5, 0.6) is 0 Å². The molecule has 1 unspecified atom stereocenters. The molecule has 49 heavy (non-hydrogen) atoms. The molecular formula is C34H78O7Si8. The minimum Gasteiger partial charge on any atom is -0.449 e. The van der Waals surface area contributed by atoms with Crippen molar-refractivity contribution >= 4 is 80.4 Å². The standard InChI is InChI=1S/C34H78O7Si8/c1-27(2)20-46(38-45-37-44-36-43-35-42)39-48(23-30(7)8,24-31(9)10)41-49(25-32(11)12,26-33(13)14)40-47(21-28(3)4,22-29(5)6)34-18-16-15-17-19-34/h15-19,27-33,46H,20-26,43-45H2,1-14,42H3. The number of hydrogen-bond acceptors (Lipinski definition) is 7. The van der Waals surface area contributed by atoms with Gasteiger partial charge in [-0.05, 0) is 88.9 Å². The van der Waals surface area contributed by atoms with Gasteiger partial charge in [0.2, 0.25) is 8.32 Å². The number of hydrogen-bond donors (Lipinski definition) is 0. The van der Waals surface area contributed by atoms with Crippen molar-refractivity contribution in [2.75, 3.05) is 0 Å². The second-order valence-electron chi connectivity index (χ2n) is 17.4. The molecule has 1 aromatic carbocycles. The van der Waals surface area contributed by atoms with Crippen LogP contribution in [0.3, 0.4) is 0 Å². The molecule has 0 heterocycles. The molecule has 0 aliphatic heterocycles. The first kappa shape index (κ1) is 47.7. The van der Waals surface area contributed by atoms with E-state index in [0.717, 1.165) is 52.8 Å². The largest absolute Gasteiger partial charge is 0.449 e. The quantitative estimate of drug-likeness (QED) is 0.0768. The molecule has 0 spiro atoms. The Labute approximate surface area is 318 Å². The van der Waals surface area contributed by atoms with Gasteiger partial charge in [-0.15, -0.1) is 0 Å². The van der Waals surface area contributed by atoms with Crippen molar-refractivity contribution in [3.05, 3.63) is 30.3 Å². The Kier molecular flexibility index (Phi) is 23.5. The molecule has 0 aromatic heterocycles. The van der Waals surface area contributed by atoms with Crippen LogP contribution in [0.15, 0.2) is 30.3 Å². The first-order chi connectivity index (χ1) is 22.9. The van der Waals surface area contributed by atoms with E-state index >= 15 is 0 Å². The zero-order valence-corrected chi connectivity index (χ0v) is 44.8. The Morgan fingerprint density at radius 3 is 1.43 bits per heavy atom. The Hall–Kier alpha value is 0.675. The molecular weight excluding hydrogens is 745 g/mol. The van der Waals surface area contributed by atoms with Gasteiger partial charge in [0.15, 0.2) is 0 Å². The van der Waals surface area contributed by atoms with Crippen LogP contribution in [0.4, 0.5) is 0 Å². The van der Waals surface area contributed by atoms with E-state index in [1.54, 1.807) is 0 Å².